The normalized spacial score (nSPS) is 12.4. The van der Waals surface area contributed by atoms with Crippen LogP contribution in [0.2, 0.25) is 0 Å². The van der Waals surface area contributed by atoms with Crippen LogP contribution in [-0.4, -0.2) is 23.3 Å². The summed E-state index contributed by atoms with van der Waals surface area (Å²) in [4.78, 5) is 28.8. The lowest BCUT2D eigenvalue weighted by Gasteiger charge is -2.13. The van der Waals surface area contributed by atoms with Crippen LogP contribution in [0.25, 0.3) is 11.1 Å². The van der Waals surface area contributed by atoms with Gasteiger partial charge in [-0.25, -0.2) is 0 Å². The van der Waals surface area contributed by atoms with Crippen molar-refractivity contribution < 1.29 is 9.59 Å². The highest BCUT2D eigenvalue weighted by molar-refractivity contribution is 6.04. The molecule has 4 N–H and O–H groups in total. The smallest absolute Gasteiger partial charge is 0.255 e. The van der Waals surface area contributed by atoms with Gasteiger partial charge in [0.15, 0.2) is 0 Å². The molecule has 0 fully saturated rings. The molecule has 5 rings (SSSR count). The van der Waals surface area contributed by atoms with Crippen LogP contribution >= 0.6 is 0 Å². The Hall–Kier alpha value is -4.29. The molecule has 1 atom stereocenters. The maximum Gasteiger partial charge on any atom is 0.255 e. The Labute approximate surface area is 210 Å². The number of aromatic nitrogens is 1. The van der Waals surface area contributed by atoms with Gasteiger partial charge in [-0.1, -0.05) is 54.6 Å². The minimum absolute atomic E-state index is 0.0874. The van der Waals surface area contributed by atoms with Crippen molar-refractivity contribution in [3.63, 3.8) is 0 Å². The number of hydrogen-bond acceptors (Lipinski definition) is 4. The van der Waals surface area contributed by atoms with Crippen molar-refractivity contribution in [1.82, 2.24) is 10.3 Å². The summed E-state index contributed by atoms with van der Waals surface area (Å²) >= 11 is 0. The van der Waals surface area contributed by atoms with Crippen molar-refractivity contribution in [3.8, 4) is 11.1 Å². The van der Waals surface area contributed by atoms with Crippen LogP contribution in [0.5, 0.6) is 0 Å². The van der Waals surface area contributed by atoms with E-state index in [0.29, 0.717) is 17.8 Å². The standard InChI is InChI=1S/C30H28N4O2/c31-28(21-6-8-22(9-7-21)30(36)34-25-12-14-32-15-13-25)19-29(35)33-16-11-20-5-10-27-24(17-20)18-23-3-1-2-4-26(23)27/h1-10,12-15,17,28H,11,16,18-19,31H2,(H,33,35)(H,32,34,36). The molecular weight excluding hydrogens is 448 g/mol. The zero-order chi connectivity index (χ0) is 24.9. The quantitative estimate of drug-likeness (QED) is 0.304. The number of pyridine rings is 1. The zero-order valence-electron chi connectivity index (χ0n) is 19.9. The first-order valence-corrected chi connectivity index (χ1v) is 12.1. The number of nitrogens with one attached hydrogen (secondary N) is 2. The molecule has 1 aliphatic rings. The first kappa shape index (κ1) is 23.5. The fourth-order valence-electron chi connectivity index (χ4n) is 4.61. The van der Waals surface area contributed by atoms with Crippen molar-refractivity contribution in [2.24, 2.45) is 5.73 Å². The summed E-state index contributed by atoms with van der Waals surface area (Å²) < 4.78 is 0. The third-order valence-corrected chi connectivity index (χ3v) is 6.54. The molecule has 0 bridgehead atoms. The Balaban J connectivity index is 1.09. The van der Waals surface area contributed by atoms with E-state index in [-0.39, 0.29) is 18.2 Å². The molecule has 2 amide bonds. The largest absolute Gasteiger partial charge is 0.356 e. The summed E-state index contributed by atoms with van der Waals surface area (Å²) in [7, 11) is 0. The summed E-state index contributed by atoms with van der Waals surface area (Å²) in [5.74, 6) is -0.301. The van der Waals surface area contributed by atoms with Gasteiger partial charge >= 0.3 is 0 Å². The fourth-order valence-corrected chi connectivity index (χ4v) is 4.61. The highest BCUT2D eigenvalue weighted by Gasteiger charge is 2.18. The lowest BCUT2D eigenvalue weighted by atomic mass is 10.0. The van der Waals surface area contributed by atoms with Crippen molar-refractivity contribution in [2.75, 3.05) is 11.9 Å². The van der Waals surface area contributed by atoms with E-state index in [1.165, 1.54) is 27.8 Å². The second kappa shape index (κ2) is 10.5. The third-order valence-electron chi connectivity index (χ3n) is 6.54. The summed E-state index contributed by atoms with van der Waals surface area (Å²) in [5, 5.41) is 5.81. The molecule has 180 valence electrons. The molecular formula is C30H28N4O2. The second-order valence-corrected chi connectivity index (χ2v) is 9.05. The zero-order valence-corrected chi connectivity index (χ0v) is 19.9. The number of fused-ring (bicyclic) bond motifs is 3. The fraction of sp³-hybridized carbons (Fsp3) is 0.167. The molecule has 1 aliphatic carbocycles. The van der Waals surface area contributed by atoms with Crippen molar-refractivity contribution in [3.05, 3.63) is 119 Å². The van der Waals surface area contributed by atoms with E-state index in [4.69, 9.17) is 5.73 Å². The third kappa shape index (κ3) is 5.34. The monoisotopic (exact) mass is 476 g/mol. The SMILES string of the molecule is NC(CC(=O)NCCc1ccc2c(c1)Cc1ccccc1-2)c1ccc(C(=O)Nc2ccncc2)cc1. The van der Waals surface area contributed by atoms with Crippen LogP contribution < -0.4 is 16.4 Å². The van der Waals surface area contributed by atoms with Crippen LogP contribution in [0.15, 0.2) is 91.3 Å². The molecule has 6 nitrogen and oxygen atoms in total. The number of benzene rings is 3. The molecule has 1 heterocycles. The van der Waals surface area contributed by atoms with Gasteiger partial charge in [0.25, 0.3) is 5.91 Å². The molecule has 0 radical (unpaired) electrons. The van der Waals surface area contributed by atoms with E-state index >= 15 is 0 Å². The molecule has 1 aromatic heterocycles. The molecule has 6 heteroatoms. The van der Waals surface area contributed by atoms with Crippen LogP contribution in [0.3, 0.4) is 0 Å². The average Bonchev–Trinajstić information content (AvgIpc) is 3.27. The maximum absolute atomic E-state index is 12.5. The predicted octanol–water partition coefficient (Wildman–Crippen LogP) is 4.65. The first-order valence-electron chi connectivity index (χ1n) is 12.1. The summed E-state index contributed by atoms with van der Waals surface area (Å²) in [6, 6.07) is 25.1. The molecule has 4 aromatic rings. The summed E-state index contributed by atoms with van der Waals surface area (Å²) in [6.07, 6.45) is 5.15. The molecule has 36 heavy (non-hydrogen) atoms. The highest BCUT2D eigenvalue weighted by atomic mass is 16.2. The predicted molar refractivity (Wildman–Crippen MR) is 142 cm³/mol. The first-order chi connectivity index (χ1) is 17.6. The molecule has 0 aliphatic heterocycles. The van der Waals surface area contributed by atoms with Gasteiger partial charge in [-0.15, -0.1) is 0 Å². The number of anilines is 1. The van der Waals surface area contributed by atoms with Gasteiger partial charge in [-0.2, -0.15) is 0 Å². The molecule has 0 saturated carbocycles. The van der Waals surface area contributed by atoms with Crippen LogP contribution in [0.4, 0.5) is 5.69 Å². The van der Waals surface area contributed by atoms with Gasteiger partial charge in [0, 0.05) is 42.7 Å². The Morgan fingerprint density at radius 2 is 1.64 bits per heavy atom. The number of nitrogens with two attached hydrogens (primary N) is 1. The van der Waals surface area contributed by atoms with E-state index < -0.39 is 6.04 Å². The number of carbonyl (C=O) groups is 2. The second-order valence-electron chi connectivity index (χ2n) is 9.05. The van der Waals surface area contributed by atoms with E-state index in [1.807, 2.05) is 0 Å². The van der Waals surface area contributed by atoms with Gasteiger partial charge in [0.05, 0.1) is 0 Å². The molecule has 0 spiro atoms. The maximum atomic E-state index is 12.5. The summed E-state index contributed by atoms with van der Waals surface area (Å²) in [5.41, 5.74) is 14.8. The number of carbonyl (C=O) groups excluding carboxylic acids is 2. The van der Waals surface area contributed by atoms with Crippen LogP contribution in [-0.2, 0) is 17.6 Å². The van der Waals surface area contributed by atoms with Crippen molar-refractivity contribution in [2.45, 2.75) is 25.3 Å². The van der Waals surface area contributed by atoms with E-state index in [1.54, 1.807) is 48.8 Å². The van der Waals surface area contributed by atoms with Gasteiger partial charge in [0.2, 0.25) is 5.91 Å². The number of rotatable bonds is 8. The lowest BCUT2D eigenvalue weighted by molar-refractivity contribution is -0.121. The van der Waals surface area contributed by atoms with E-state index in [9.17, 15) is 9.59 Å². The van der Waals surface area contributed by atoms with E-state index in [2.05, 4.69) is 58.1 Å². The Morgan fingerprint density at radius 3 is 2.44 bits per heavy atom. The number of nitrogens with zero attached hydrogens (tertiary/aromatic N) is 1. The van der Waals surface area contributed by atoms with Gasteiger partial charge in [-0.3, -0.25) is 14.6 Å². The van der Waals surface area contributed by atoms with E-state index in [0.717, 1.165) is 18.4 Å². The Bertz CT molecular complexity index is 1380. The topological polar surface area (TPSA) is 97.1 Å². The number of hydrogen-bond donors (Lipinski definition) is 3. The van der Waals surface area contributed by atoms with Crippen molar-refractivity contribution >= 4 is 17.5 Å². The van der Waals surface area contributed by atoms with Gasteiger partial charge in [-0.05, 0) is 70.5 Å². The lowest BCUT2D eigenvalue weighted by Crippen LogP contribution is -2.29. The number of amides is 2. The molecule has 1 unspecified atom stereocenters. The average molecular weight is 477 g/mol. The Kier molecular flexibility index (Phi) is 6.87. The molecule has 0 saturated heterocycles. The van der Waals surface area contributed by atoms with Crippen LogP contribution in [0, 0.1) is 0 Å². The van der Waals surface area contributed by atoms with Gasteiger partial charge < -0.3 is 16.4 Å². The molecule has 3 aromatic carbocycles. The van der Waals surface area contributed by atoms with Gasteiger partial charge in [0.1, 0.15) is 0 Å². The minimum Gasteiger partial charge on any atom is -0.356 e. The Morgan fingerprint density at radius 1 is 0.889 bits per heavy atom. The minimum atomic E-state index is -0.444. The highest BCUT2D eigenvalue weighted by Crippen LogP contribution is 2.36. The van der Waals surface area contributed by atoms with Crippen molar-refractivity contribution in [1.29, 1.82) is 0 Å². The van der Waals surface area contributed by atoms with Crippen LogP contribution in [0.1, 0.15) is 45.1 Å². The summed E-state index contributed by atoms with van der Waals surface area (Å²) in [6.45, 7) is 0.561.